The maximum absolute atomic E-state index is 11.8. The van der Waals surface area contributed by atoms with Gasteiger partial charge in [0.25, 0.3) is 5.91 Å². The van der Waals surface area contributed by atoms with Crippen molar-refractivity contribution in [2.24, 2.45) is 0 Å². The SMILES string of the molecule is CNC(=O)c1cc(C)nn1Cc1ccccc1OC. The number of aromatic nitrogens is 2. The molecule has 0 saturated carbocycles. The summed E-state index contributed by atoms with van der Waals surface area (Å²) in [6.45, 7) is 2.37. The van der Waals surface area contributed by atoms with Gasteiger partial charge in [0.1, 0.15) is 11.4 Å². The molecular formula is C14H17N3O2. The van der Waals surface area contributed by atoms with E-state index in [2.05, 4.69) is 10.4 Å². The van der Waals surface area contributed by atoms with E-state index in [9.17, 15) is 4.79 Å². The number of carbonyl (C=O) groups is 1. The van der Waals surface area contributed by atoms with E-state index >= 15 is 0 Å². The fourth-order valence-electron chi connectivity index (χ4n) is 1.97. The van der Waals surface area contributed by atoms with Gasteiger partial charge < -0.3 is 10.1 Å². The van der Waals surface area contributed by atoms with Gasteiger partial charge in [-0.15, -0.1) is 0 Å². The molecule has 0 aliphatic rings. The Hall–Kier alpha value is -2.30. The van der Waals surface area contributed by atoms with Gasteiger partial charge in [-0.25, -0.2) is 0 Å². The molecule has 5 heteroatoms. The Kier molecular flexibility index (Phi) is 3.85. The van der Waals surface area contributed by atoms with Crippen molar-refractivity contribution in [3.05, 3.63) is 47.3 Å². The molecule has 2 aromatic rings. The van der Waals surface area contributed by atoms with Crippen LogP contribution in [0.5, 0.6) is 5.75 Å². The number of nitrogens with zero attached hydrogens (tertiary/aromatic N) is 2. The van der Waals surface area contributed by atoms with Crippen LogP contribution in [0.4, 0.5) is 0 Å². The Balaban J connectivity index is 2.35. The van der Waals surface area contributed by atoms with Crippen LogP contribution >= 0.6 is 0 Å². The van der Waals surface area contributed by atoms with Crippen LogP contribution in [-0.4, -0.2) is 29.8 Å². The first-order valence-electron chi connectivity index (χ1n) is 6.04. The van der Waals surface area contributed by atoms with Crippen molar-refractivity contribution >= 4 is 5.91 Å². The van der Waals surface area contributed by atoms with Crippen LogP contribution in [0.25, 0.3) is 0 Å². The summed E-state index contributed by atoms with van der Waals surface area (Å²) >= 11 is 0. The number of hydrogen-bond acceptors (Lipinski definition) is 3. The van der Waals surface area contributed by atoms with Crippen molar-refractivity contribution in [2.45, 2.75) is 13.5 Å². The molecule has 0 radical (unpaired) electrons. The van der Waals surface area contributed by atoms with Gasteiger partial charge in [0, 0.05) is 12.6 Å². The maximum atomic E-state index is 11.8. The first-order valence-corrected chi connectivity index (χ1v) is 6.04. The number of nitrogens with one attached hydrogen (secondary N) is 1. The second-order valence-electron chi connectivity index (χ2n) is 4.22. The summed E-state index contributed by atoms with van der Waals surface area (Å²) in [7, 11) is 3.24. The van der Waals surface area contributed by atoms with Gasteiger partial charge in [0.05, 0.1) is 19.3 Å². The van der Waals surface area contributed by atoms with Crippen molar-refractivity contribution < 1.29 is 9.53 Å². The van der Waals surface area contributed by atoms with Crippen LogP contribution < -0.4 is 10.1 Å². The summed E-state index contributed by atoms with van der Waals surface area (Å²) < 4.78 is 7.00. The molecule has 0 unspecified atom stereocenters. The number of methoxy groups -OCH3 is 1. The molecule has 1 N–H and O–H groups in total. The molecule has 1 aromatic carbocycles. The fourth-order valence-corrected chi connectivity index (χ4v) is 1.97. The molecule has 0 spiro atoms. The monoisotopic (exact) mass is 259 g/mol. The van der Waals surface area contributed by atoms with Crippen molar-refractivity contribution in [2.75, 3.05) is 14.2 Å². The summed E-state index contributed by atoms with van der Waals surface area (Å²) in [4.78, 5) is 11.8. The van der Waals surface area contributed by atoms with E-state index in [1.807, 2.05) is 31.2 Å². The van der Waals surface area contributed by atoms with Crippen molar-refractivity contribution in [1.82, 2.24) is 15.1 Å². The Morgan fingerprint density at radius 2 is 2.16 bits per heavy atom. The van der Waals surface area contributed by atoms with Gasteiger partial charge in [-0.2, -0.15) is 5.10 Å². The smallest absolute Gasteiger partial charge is 0.269 e. The molecular weight excluding hydrogens is 242 g/mol. The summed E-state index contributed by atoms with van der Waals surface area (Å²) in [5, 5.41) is 6.97. The van der Waals surface area contributed by atoms with E-state index in [4.69, 9.17) is 4.74 Å². The van der Waals surface area contributed by atoms with Crippen LogP contribution in [0.2, 0.25) is 0 Å². The zero-order chi connectivity index (χ0) is 13.8. The number of para-hydroxylation sites is 1. The molecule has 2 rings (SSSR count). The van der Waals surface area contributed by atoms with E-state index in [1.165, 1.54) is 0 Å². The normalized spacial score (nSPS) is 10.3. The number of hydrogen-bond donors (Lipinski definition) is 1. The molecule has 1 amide bonds. The molecule has 0 atom stereocenters. The maximum Gasteiger partial charge on any atom is 0.269 e. The molecule has 1 heterocycles. The van der Waals surface area contributed by atoms with Crippen LogP contribution in [0, 0.1) is 6.92 Å². The molecule has 19 heavy (non-hydrogen) atoms. The third-order valence-electron chi connectivity index (χ3n) is 2.87. The summed E-state index contributed by atoms with van der Waals surface area (Å²) in [5.41, 5.74) is 2.35. The highest BCUT2D eigenvalue weighted by Crippen LogP contribution is 2.19. The number of aryl methyl sites for hydroxylation is 1. The minimum atomic E-state index is -0.143. The molecule has 1 aromatic heterocycles. The highest BCUT2D eigenvalue weighted by Gasteiger charge is 2.14. The third kappa shape index (κ3) is 2.76. The minimum Gasteiger partial charge on any atom is -0.496 e. The Bertz CT molecular complexity index is 590. The fraction of sp³-hybridized carbons (Fsp3) is 0.286. The molecule has 0 bridgehead atoms. The predicted octanol–water partition coefficient (Wildman–Crippen LogP) is 1.61. The Labute approximate surface area is 112 Å². The van der Waals surface area contributed by atoms with E-state index < -0.39 is 0 Å². The number of carbonyl (C=O) groups excluding carboxylic acids is 1. The Morgan fingerprint density at radius 1 is 1.42 bits per heavy atom. The summed E-state index contributed by atoms with van der Waals surface area (Å²) in [5.74, 6) is 0.647. The van der Waals surface area contributed by atoms with Crippen LogP contribution in [-0.2, 0) is 6.54 Å². The standard InChI is InChI=1S/C14H17N3O2/c1-10-8-12(14(18)15-2)17(16-10)9-11-6-4-5-7-13(11)19-3/h4-8H,9H2,1-3H3,(H,15,18). The molecule has 5 nitrogen and oxygen atoms in total. The topological polar surface area (TPSA) is 56.2 Å². The van der Waals surface area contributed by atoms with E-state index in [0.717, 1.165) is 17.0 Å². The lowest BCUT2D eigenvalue weighted by Crippen LogP contribution is -2.22. The second-order valence-corrected chi connectivity index (χ2v) is 4.22. The van der Waals surface area contributed by atoms with Gasteiger partial charge in [0.2, 0.25) is 0 Å². The lowest BCUT2D eigenvalue weighted by Gasteiger charge is -2.10. The number of rotatable bonds is 4. The average Bonchev–Trinajstić information content (AvgIpc) is 2.79. The molecule has 100 valence electrons. The third-order valence-corrected chi connectivity index (χ3v) is 2.87. The summed E-state index contributed by atoms with van der Waals surface area (Å²) in [6.07, 6.45) is 0. The van der Waals surface area contributed by atoms with Crippen LogP contribution in [0.1, 0.15) is 21.7 Å². The quantitative estimate of drug-likeness (QED) is 0.907. The van der Waals surface area contributed by atoms with Crippen molar-refractivity contribution in [3.8, 4) is 5.75 Å². The highest BCUT2D eigenvalue weighted by atomic mass is 16.5. The summed E-state index contributed by atoms with van der Waals surface area (Å²) in [6, 6.07) is 9.48. The van der Waals surface area contributed by atoms with Crippen LogP contribution in [0.3, 0.4) is 0 Å². The first-order chi connectivity index (χ1) is 9.15. The molecule has 0 saturated heterocycles. The van der Waals surface area contributed by atoms with Gasteiger partial charge in [-0.05, 0) is 19.1 Å². The van der Waals surface area contributed by atoms with E-state index in [-0.39, 0.29) is 5.91 Å². The number of ether oxygens (including phenoxy) is 1. The lowest BCUT2D eigenvalue weighted by molar-refractivity contribution is 0.0953. The molecule has 0 fully saturated rings. The Morgan fingerprint density at radius 3 is 2.84 bits per heavy atom. The zero-order valence-corrected chi connectivity index (χ0v) is 11.3. The minimum absolute atomic E-state index is 0.143. The number of benzene rings is 1. The highest BCUT2D eigenvalue weighted by molar-refractivity contribution is 5.92. The average molecular weight is 259 g/mol. The second kappa shape index (κ2) is 5.56. The van der Waals surface area contributed by atoms with Gasteiger partial charge in [0.15, 0.2) is 0 Å². The van der Waals surface area contributed by atoms with Crippen molar-refractivity contribution in [3.63, 3.8) is 0 Å². The van der Waals surface area contributed by atoms with Gasteiger partial charge in [-0.3, -0.25) is 9.48 Å². The van der Waals surface area contributed by atoms with Crippen LogP contribution in [0.15, 0.2) is 30.3 Å². The van der Waals surface area contributed by atoms with E-state index in [0.29, 0.717) is 12.2 Å². The van der Waals surface area contributed by atoms with Gasteiger partial charge >= 0.3 is 0 Å². The molecule has 0 aliphatic heterocycles. The van der Waals surface area contributed by atoms with Crippen molar-refractivity contribution in [1.29, 1.82) is 0 Å². The predicted molar refractivity (Wildman–Crippen MR) is 72.5 cm³/mol. The van der Waals surface area contributed by atoms with E-state index in [1.54, 1.807) is 24.9 Å². The first kappa shape index (κ1) is 13.1. The largest absolute Gasteiger partial charge is 0.496 e. The number of amides is 1. The lowest BCUT2D eigenvalue weighted by atomic mass is 10.2. The zero-order valence-electron chi connectivity index (χ0n) is 11.3. The van der Waals surface area contributed by atoms with Gasteiger partial charge in [-0.1, -0.05) is 18.2 Å². The molecule has 0 aliphatic carbocycles.